The van der Waals surface area contributed by atoms with E-state index in [1.165, 1.54) is 0 Å². The Hall–Kier alpha value is -3.65. The number of aliphatic hydroxyl groups excluding tert-OH is 2. The van der Waals surface area contributed by atoms with E-state index in [-0.39, 0.29) is 19.1 Å². The van der Waals surface area contributed by atoms with Gasteiger partial charge < -0.3 is 25.4 Å². The van der Waals surface area contributed by atoms with E-state index in [1.807, 2.05) is 60.7 Å². The Morgan fingerprint density at radius 3 is 2.71 bits per heavy atom. The van der Waals surface area contributed by atoms with Crippen LogP contribution in [0.4, 0.5) is 11.4 Å². The van der Waals surface area contributed by atoms with E-state index in [2.05, 4.69) is 15.3 Å². The van der Waals surface area contributed by atoms with E-state index in [0.717, 1.165) is 33.8 Å². The molecular weight excluding hydrogens is 464 g/mol. The first-order valence-electron chi connectivity index (χ1n) is 11.4. The van der Waals surface area contributed by atoms with Gasteiger partial charge >= 0.3 is 0 Å². The lowest BCUT2D eigenvalue weighted by Gasteiger charge is -2.31. The first-order valence-corrected chi connectivity index (χ1v) is 11.8. The molecule has 0 fully saturated rings. The number of aliphatic hydroxyl groups is 2. The first kappa shape index (κ1) is 23.1. The van der Waals surface area contributed by atoms with Crippen molar-refractivity contribution < 1.29 is 15.0 Å². The number of amides is 1. The Morgan fingerprint density at radius 1 is 1.09 bits per heavy atom. The number of hydrogen-bond acceptors (Lipinski definition) is 5. The summed E-state index contributed by atoms with van der Waals surface area (Å²) in [7, 11) is 0. The van der Waals surface area contributed by atoms with Crippen LogP contribution in [0, 0.1) is 0 Å². The predicted molar refractivity (Wildman–Crippen MR) is 137 cm³/mol. The number of imidazole rings is 1. The van der Waals surface area contributed by atoms with E-state index in [4.69, 9.17) is 16.7 Å². The maximum atomic E-state index is 13.0. The Morgan fingerprint density at radius 2 is 1.91 bits per heavy atom. The number of halogens is 1. The van der Waals surface area contributed by atoms with E-state index in [9.17, 15) is 9.90 Å². The molecule has 3 aromatic carbocycles. The zero-order chi connectivity index (χ0) is 24.4. The number of carbonyl (C=O) groups is 1. The van der Waals surface area contributed by atoms with Crippen molar-refractivity contribution in [1.29, 1.82) is 0 Å². The molecule has 1 aromatic heterocycles. The van der Waals surface area contributed by atoms with Crippen LogP contribution in [0.15, 0.2) is 72.9 Å². The fourth-order valence-electron chi connectivity index (χ4n) is 4.34. The molecule has 5 rings (SSSR count). The minimum absolute atomic E-state index is 0.112. The van der Waals surface area contributed by atoms with Gasteiger partial charge in [-0.1, -0.05) is 48.0 Å². The number of fused-ring (bicyclic) bond motifs is 1. The number of H-pyrrole nitrogens is 1. The monoisotopic (exact) mass is 488 g/mol. The van der Waals surface area contributed by atoms with Gasteiger partial charge in [0.25, 0.3) is 5.91 Å². The van der Waals surface area contributed by atoms with Crippen molar-refractivity contribution in [3.05, 3.63) is 89.1 Å². The number of aromatic nitrogens is 2. The van der Waals surface area contributed by atoms with Crippen LogP contribution in [-0.4, -0.2) is 56.8 Å². The van der Waals surface area contributed by atoms with Gasteiger partial charge in [-0.15, -0.1) is 0 Å². The number of benzene rings is 3. The third-order valence-electron chi connectivity index (χ3n) is 6.13. The van der Waals surface area contributed by atoms with Crippen LogP contribution in [0.25, 0.3) is 22.6 Å². The molecule has 0 spiro atoms. The van der Waals surface area contributed by atoms with E-state index >= 15 is 0 Å². The van der Waals surface area contributed by atoms with Crippen molar-refractivity contribution in [3.8, 4) is 22.6 Å². The van der Waals surface area contributed by atoms with Gasteiger partial charge in [-0.25, -0.2) is 4.98 Å². The number of anilines is 2. The highest BCUT2D eigenvalue weighted by Crippen LogP contribution is 2.33. The van der Waals surface area contributed by atoms with Crippen LogP contribution < -0.4 is 5.32 Å². The molecule has 1 atom stereocenters. The lowest BCUT2D eigenvalue weighted by atomic mass is 9.96. The van der Waals surface area contributed by atoms with Gasteiger partial charge in [0, 0.05) is 35.6 Å². The maximum absolute atomic E-state index is 13.0. The highest BCUT2D eigenvalue weighted by Gasteiger charge is 2.27. The van der Waals surface area contributed by atoms with Crippen LogP contribution in [0.3, 0.4) is 0 Å². The van der Waals surface area contributed by atoms with Gasteiger partial charge in [0.05, 0.1) is 29.6 Å². The summed E-state index contributed by atoms with van der Waals surface area (Å²) in [6, 6.07) is 21.2. The Labute approximate surface area is 208 Å². The number of carbonyl (C=O) groups excluding carboxylic acids is 1. The molecule has 35 heavy (non-hydrogen) atoms. The second-order valence-electron chi connectivity index (χ2n) is 8.50. The smallest absolute Gasteiger partial charge is 0.254 e. The molecule has 4 aromatic rings. The van der Waals surface area contributed by atoms with Crippen LogP contribution in [-0.2, 0) is 6.42 Å². The quantitative estimate of drug-likeness (QED) is 0.307. The minimum Gasteiger partial charge on any atom is -0.394 e. The second kappa shape index (κ2) is 9.92. The van der Waals surface area contributed by atoms with Gasteiger partial charge in [-0.3, -0.25) is 4.79 Å². The second-order valence-corrected chi connectivity index (χ2v) is 8.91. The zero-order valence-corrected chi connectivity index (χ0v) is 19.7. The van der Waals surface area contributed by atoms with Crippen LogP contribution >= 0.6 is 11.6 Å². The molecule has 0 unspecified atom stereocenters. The molecule has 7 nitrogen and oxygen atoms in total. The van der Waals surface area contributed by atoms with Crippen molar-refractivity contribution in [2.75, 3.05) is 25.0 Å². The summed E-state index contributed by atoms with van der Waals surface area (Å²) in [6.45, 7) is 0.211. The molecular formula is C27H25ClN4O3. The molecule has 8 heteroatoms. The molecule has 1 amide bonds. The number of β-amino-alcohol motifs (C(OH)–C–C–N with tert-alkyl or cyclic N) is 1. The number of rotatable bonds is 7. The molecule has 0 radical (unpaired) electrons. The van der Waals surface area contributed by atoms with Crippen molar-refractivity contribution in [3.63, 3.8) is 0 Å². The van der Waals surface area contributed by atoms with Crippen LogP contribution in [0.5, 0.6) is 0 Å². The van der Waals surface area contributed by atoms with E-state index < -0.39 is 6.10 Å². The van der Waals surface area contributed by atoms with Crippen molar-refractivity contribution in [2.45, 2.75) is 12.5 Å². The highest BCUT2D eigenvalue weighted by molar-refractivity contribution is 6.33. The van der Waals surface area contributed by atoms with E-state index in [0.29, 0.717) is 29.4 Å². The van der Waals surface area contributed by atoms with Gasteiger partial charge in [0.1, 0.15) is 5.82 Å². The average molecular weight is 489 g/mol. The summed E-state index contributed by atoms with van der Waals surface area (Å²) in [5.74, 6) is 0.518. The molecule has 0 saturated heterocycles. The topological polar surface area (TPSA) is 101 Å². The maximum Gasteiger partial charge on any atom is 0.254 e. The van der Waals surface area contributed by atoms with Crippen LogP contribution in [0.2, 0.25) is 5.02 Å². The summed E-state index contributed by atoms with van der Waals surface area (Å²) in [6.07, 6.45) is 1.49. The largest absolute Gasteiger partial charge is 0.394 e. The molecule has 1 aliphatic heterocycles. The summed E-state index contributed by atoms with van der Waals surface area (Å²) in [5, 5.41) is 22.9. The standard InChI is InChI=1S/C27H25ClN4O3/c28-23-10-9-18(13-22(23)26-29-14-25(31-26)17-5-2-1-3-6-17)30-24-8-4-7-21-20(24)11-12-32(27(21)35)15-19(34)16-33/h1-10,13-14,19,30,33-34H,11-12,15-16H2,(H,29,31)/t19-/m0/s1. The summed E-state index contributed by atoms with van der Waals surface area (Å²) in [4.78, 5) is 22.4. The number of aromatic amines is 1. The van der Waals surface area contributed by atoms with Crippen molar-refractivity contribution in [1.82, 2.24) is 14.9 Å². The first-order chi connectivity index (χ1) is 17.0. The molecule has 4 N–H and O–H groups in total. The summed E-state index contributed by atoms with van der Waals surface area (Å²) < 4.78 is 0. The summed E-state index contributed by atoms with van der Waals surface area (Å²) in [5.41, 5.74) is 5.90. The molecule has 0 saturated carbocycles. The fourth-order valence-corrected chi connectivity index (χ4v) is 4.55. The van der Waals surface area contributed by atoms with Gasteiger partial charge in [0.2, 0.25) is 0 Å². The normalized spacial score (nSPS) is 14.0. The molecule has 0 bridgehead atoms. The molecule has 1 aliphatic rings. The van der Waals surface area contributed by atoms with Crippen LogP contribution in [0.1, 0.15) is 15.9 Å². The molecule has 2 heterocycles. The third kappa shape index (κ3) is 4.79. The fraction of sp³-hybridized carbons (Fsp3) is 0.185. The Balaban J connectivity index is 1.41. The third-order valence-corrected chi connectivity index (χ3v) is 6.46. The predicted octanol–water partition coefficient (Wildman–Crippen LogP) is 4.49. The van der Waals surface area contributed by atoms with Gasteiger partial charge in [0.15, 0.2) is 0 Å². The van der Waals surface area contributed by atoms with E-state index in [1.54, 1.807) is 17.2 Å². The Bertz CT molecular complexity index is 1360. The van der Waals surface area contributed by atoms with Gasteiger partial charge in [-0.2, -0.15) is 0 Å². The lowest BCUT2D eigenvalue weighted by molar-refractivity contribution is 0.0445. The average Bonchev–Trinajstić information content (AvgIpc) is 3.38. The number of nitrogens with one attached hydrogen (secondary N) is 2. The zero-order valence-electron chi connectivity index (χ0n) is 18.9. The van der Waals surface area contributed by atoms with Crippen molar-refractivity contribution in [2.24, 2.45) is 0 Å². The molecule has 178 valence electrons. The lowest BCUT2D eigenvalue weighted by Crippen LogP contribution is -2.43. The highest BCUT2D eigenvalue weighted by atomic mass is 35.5. The minimum atomic E-state index is -0.946. The number of hydrogen-bond donors (Lipinski definition) is 4. The molecule has 0 aliphatic carbocycles. The van der Waals surface area contributed by atoms with Gasteiger partial charge in [-0.05, 0) is 47.9 Å². The summed E-state index contributed by atoms with van der Waals surface area (Å²) >= 11 is 6.52. The SMILES string of the molecule is O=C1c2cccc(Nc3ccc(Cl)c(-c4ncc(-c5ccccc5)[nH]4)c3)c2CCN1C[C@H](O)CO. The van der Waals surface area contributed by atoms with Crippen molar-refractivity contribution >= 4 is 28.9 Å². The number of nitrogens with zero attached hydrogens (tertiary/aromatic N) is 2. The Kier molecular flexibility index (Phi) is 6.55.